The molecule has 3 unspecified atom stereocenters. The van der Waals surface area contributed by atoms with E-state index < -0.39 is 0 Å². The number of ether oxygens (including phenoxy) is 1. The van der Waals surface area contributed by atoms with Crippen molar-refractivity contribution in [3.05, 3.63) is 29.8 Å². The van der Waals surface area contributed by atoms with Crippen LogP contribution in [-0.2, 0) is 0 Å². The molecule has 1 aromatic rings. The quantitative estimate of drug-likeness (QED) is 0.872. The van der Waals surface area contributed by atoms with E-state index in [0.717, 1.165) is 24.2 Å². The van der Waals surface area contributed by atoms with Crippen LogP contribution in [0.1, 0.15) is 44.6 Å². The number of benzene rings is 1. The van der Waals surface area contributed by atoms with E-state index in [-0.39, 0.29) is 0 Å². The van der Waals surface area contributed by atoms with Crippen molar-refractivity contribution in [2.45, 2.75) is 45.1 Å². The fraction of sp³-hybridized carbons (Fsp3) is 0.647. The average molecular weight is 259 g/mol. The van der Waals surface area contributed by atoms with Gasteiger partial charge in [0.2, 0.25) is 0 Å². The van der Waals surface area contributed by atoms with Gasteiger partial charge in [0.05, 0.1) is 6.61 Å². The number of hydrogen-bond donors (Lipinski definition) is 1. The van der Waals surface area contributed by atoms with Crippen molar-refractivity contribution < 1.29 is 4.74 Å². The van der Waals surface area contributed by atoms with Gasteiger partial charge in [-0.05, 0) is 43.7 Å². The van der Waals surface area contributed by atoms with Gasteiger partial charge in [0.1, 0.15) is 5.75 Å². The first-order valence-corrected chi connectivity index (χ1v) is 7.69. The zero-order valence-electron chi connectivity index (χ0n) is 12.1. The Kier molecular flexibility index (Phi) is 3.79. The zero-order chi connectivity index (χ0) is 13.2. The van der Waals surface area contributed by atoms with Gasteiger partial charge >= 0.3 is 0 Å². The minimum absolute atomic E-state index is 0.608. The molecule has 0 bridgehead atoms. The molecule has 104 valence electrons. The minimum Gasteiger partial charge on any atom is -0.493 e. The molecule has 2 aliphatic rings. The summed E-state index contributed by atoms with van der Waals surface area (Å²) in [6.07, 6.45) is 4.12. The van der Waals surface area contributed by atoms with E-state index >= 15 is 0 Å². The monoisotopic (exact) mass is 259 g/mol. The second-order valence-corrected chi connectivity index (χ2v) is 6.44. The van der Waals surface area contributed by atoms with E-state index in [4.69, 9.17) is 4.74 Å². The Balaban J connectivity index is 1.55. The van der Waals surface area contributed by atoms with Gasteiger partial charge in [-0.25, -0.2) is 0 Å². The molecule has 1 saturated carbocycles. The van der Waals surface area contributed by atoms with E-state index in [1.54, 1.807) is 0 Å². The first-order chi connectivity index (χ1) is 9.24. The summed E-state index contributed by atoms with van der Waals surface area (Å²) in [6, 6.07) is 9.16. The number of fused-ring (bicyclic) bond motifs is 1. The van der Waals surface area contributed by atoms with Crippen LogP contribution in [0.2, 0.25) is 0 Å². The largest absolute Gasteiger partial charge is 0.493 e. The molecule has 2 heteroatoms. The summed E-state index contributed by atoms with van der Waals surface area (Å²) in [5, 5.41) is 3.59. The topological polar surface area (TPSA) is 21.3 Å². The van der Waals surface area contributed by atoms with Crippen molar-refractivity contribution in [2.24, 2.45) is 11.8 Å². The van der Waals surface area contributed by atoms with Crippen LogP contribution in [0.3, 0.4) is 0 Å². The van der Waals surface area contributed by atoms with Crippen LogP contribution >= 0.6 is 0 Å². The Labute approximate surface area is 116 Å². The highest BCUT2D eigenvalue weighted by Crippen LogP contribution is 2.44. The number of nitrogens with one attached hydrogen (secondary N) is 1. The zero-order valence-corrected chi connectivity index (χ0v) is 12.1. The molecule has 2 nitrogen and oxygen atoms in total. The SMILES string of the molecule is CC(C)NCC1CCC1CC1COc2ccccc21. The maximum Gasteiger partial charge on any atom is 0.122 e. The summed E-state index contributed by atoms with van der Waals surface area (Å²) in [4.78, 5) is 0. The number of hydrogen-bond acceptors (Lipinski definition) is 2. The highest BCUT2D eigenvalue weighted by molar-refractivity contribution is 5.39. The molecule has 0 aromatic heterocycles. The Morgan fingerprint density at radius 1 is 1.21 bits per heavy atom. The standard InChI is InChI=1S/C17H25NO/c1-12(2)18-10-14-8-7-13(14)9-15-11-19-17-6-4-3-5-16(15)17/h3-6,12-15,18H,7-11H2,1-2H3. The van der Waals surface area contributed by atoms with Crippen LogP contribution in [-0.4, -0.2) is 19.2 Å². The number of para-hydroxylation sites is 1. The lowest BCUT2D eigenvalue weighted by atomic mass is 9.69. The summed E-state index contributed by atoms with van der Waals surface area (Å²) >= 11 is 0. The third-order valence-electron chi connectivity index (χ3n) is 4.75. The predicted octanol–water partition coefficient (Wildman–Crippen LogP) is 3.58. The normalized spacial score (nSPS) is 28.9. The summed E-state index contributed by atoms with van der Waals surface area (Å²) in [5.41, 5.74) is 1.44. The second kappa shape index (κ2) is 5.54. The fourth-order valence-corrected chi connectivity index (χ4v) is 3.39. The molecule has 19 heavy (non-hydrogen) atoms. The molecule has 0 radical (unpaired) electrons. The highest BCUT2D eigenvalue weighted by Gasteiger charge is 2.35. The summed E-state index contributed by atoms with van der Waals surface area (Å²) < 4.78 is 5.80. The smallest absolute Gasteiger partial charge is 0.122 e. The molecule has 1 fully saturated rings. The van der Waals surface area contributed by atoms with Crippen LogP contribution in [0, 0.1) is 11.8 Å². The Hall–Kier alpha value is -1.02. The van der Waals surface area contributed by atoms with Gasteiger partial charge in [-0.2, -0.15) is 0 Å². The van der Waals surface area contributed by atoms with E-state index in [9.17, 15) is 0 Å². The molecule has 1 heterocycles. The summed E-state index contributed by atoms with van der Waals surface area (Å²) in [5.74, 6) is 3.52. The molecule has 1 aromatic carbocycles. The second-order valence-electron chi connectivity index (χ2n) is 6.44. The molecule has 1 aliphatic carbocycles. The molecule has 3 atom stereocenters. The minimum atomic E-state index is 0.608. The molecule has 0 amide bonds. The van der Waals surface area contributed by atoms with Gasteiger partial charge in [-0.15, -0.1) is 0 Å². The Bertz CT molecular complexity index is 429. The van der Waals surface area contributed by atoms with Crippen LogP contribution in [0.25, 0.3) is 0 Å². The molecule has 1 N–H and O–H groups in total. The van der Waals surface area contributed by atoms with E-state index in [1.165, 1.54) is 31.4 Å². The third-order valence-corrected chi connectivity index (χ3v) is 4.75. The van der Waals surface area contributed by atoms with Crippen LogP contribution in [0.15, 0.2) is 24.3 Å². The number of rotatable bonds is 5. The summed E-state index contributed by atoms with van der Waals surface area (Å²) in [7, 11) is 0. The molecule has 0 spiro atoms. The highest BCUT2D eigenvalue weighted by atomic mass is 16.5. The maximum absolute atomic E-state index is 5.80. The molecular formula is C17H25NO. The van der Waals surface area contributed by atoms with Gasteiger partial charge in [0, 0.05) is 17.5 Å². The Morgan fingerprint density at radius 3 is 2.74 bits per heavy atom. The van der Waals surface area contributed by atoms with Crippen molar-refractivity contribution in [3.8, 4) is 5.75 Å². The van der Waals surface area contributed by atoms with E-state index in [0.29, 0.717) is 12.0 Å². The van der Waals surface area contributed by atoms with Gasteiger partial charge in [-0.3, -0.25) is 0 Å². The maximum atomic E-state index is 5.80. The molecule has 1 aliphatic heterocycles. The summed E-state index contributed by atoms with van der Waals surface area (Å²) in [6.45, 7) is 6.54. The lowest BCUT2D eigenvalue weighted by Crippen LogP contribution is -2.38. The van der Waals surface area contributed by atoms with Crippen molar-refractivity contribution in [1.82, 2.24) is 5.32 Å². The van der Waals surface area contributed by atoms with Crippen LogP contribution in [0.5, 0.6) is 5.75 Å². The van der Waals surface area contributed by atoms with Crippen molar-refractivity contribution >= 4 is 0 Å². The van der Waals surface area contributed by atoms with Crippen LogP contribution in [0.4, 0.5) is 0 Å². The predicted molar refractivity (Wildman–Crippen MR) is 78.6 cm³/mol. The Morgan fingerprint density at radius 2 is 2.00 bits per heavy atom. The average Bonchev–Trinajstić information content (AvgIpc) is 2.78. The van der Waals surface area contributed by atoms with Gasteiger partial charge in [0.25, 0.3) is 0 Å². The van der Waals surface area contributed by atoms with E-state index in [2.05, 4.69) is 43.4 Å². The van der Waals surface area contributed by atoms with Gasteiger partial charge < -0.3 is 10.1 Å². The van der Waals surface area contributed by atoms with Gasteiger partial charge in [0.15, 0.2) is 0 Å². The third kappa shape index (κ3) is 2.79. The van der Waals surface area contributed by atoms with Crippen molar-refractivity contribution in [3.63, 3.8) is 0 Å². The fourth-order valence-electron chi connectivity index (χ4n) is 3.39. The molecule has 3 rings (SSSR count). The lowest BCUT2D eigenvalue weighted by molar-refractivity contribution is 0.142. The molecule has 0 saturated heterocycles. The van der Waals surface area contributed by atoms with E-state index in [1.807, 2.05) is 0 Å². The van der Waals surface area contributed by atoms with Crippen molar-refractivity contribution in [2.75, 3.05) is 13.2 Å². The lowest BCUT2D eigenvalue weighted by Gasteiger charge is -2.38. The first-order valence-electron chi connectivity index (χ1n) is 7.69. The first kappa shape index (κ1) is 13.0. The van der Waals surface area contributed by atoms with Crippen molar-refractivity contribution in [1.29, 1.82) is 0 Å². The van der Waals surface area contributed by atoms with Gasteiger partial charge in [-0.1, -0.05) is 32.0 Å². The molecular weight excluding hydrogens is 234 g/mol. The van der Waals surface area contributed by atoms with Crippen LogP contribution < -0.4 is 10.1 Å².